The molecule has 0 aromatic heterocycles. The normalized spacial score (nSPS) is 30.4. The molecule has 0 aliphatic carbocycles. The molecule has 2 rings (SSSR count). The van der Waals surface area contributed by atoms with Gasteiger partial charge >= 0.3 is 0 Å². The second kappa shape index (κ2) is 8.03. The monoisotopic (exact) mass is 340 g/mol. The maximum Gasteiger partial charge on any atom is 0.0629 e. The first kappa shape index (κ1) is 20.2. The maximum atomic E-state index is 6.33. The SMILES string of the molecule is CN1CC[C@H](COC(C)(C)CC2C[C@H](COC(C)(C)C)N(C)C2)C1. The van der Waals surface area contributed by atoms with E-state index in [9.17, 15) is 0 Å². The summed E-state index contributed by atoms with van der Waals surface area (Å²) in [5.41, 5.74) is -0.0673. The Morgan fingerprint density at radius 1 is 0.917 bits per heavy atom. The minimum Gasteiger partial charge on any atom is -0.375 e. The molecule has 0 amide bonds. The highest BCUT2D eigenvalue weighted by Gasteiger charge is 2.35. The number of hydrogen-bond donors (Lipinski definition) is 0. The summed E-state index contributed by atoms with van der Waals surface area (Å²) in [6.45, 7) is 16.3. The number of likely N-dealkylation sites (tertiary alicyclic amines) is 2. The van der Waals surface area contributed by atoms with E-state index in [-0.39, 0.29) is 11.2 Å². The number of ether oxygens (including phenoxy) is 2. The van der Waals surface area contributed by atoms with Crippen LogP contribution in [0.4, 0.5) is 0 Å². The Balaban J connectivity index is 1.73. The number of likely N-dealkylation sites (N-methyl/N-ethyl adjacent to an activating group) is 1. The lowest BCUT2D eigenvalue weighted by Crippen LogP contribution is -2.33. The third kappa shape index (κ3) is 6.62. The molecule has 2 fully saturated rings. The van der Waals surface area contributed by atoms with Gasteiger partial charge in [-0.3, -0.25) is 0 Å². The molecule has 0 aromatic rings. The molecule has 0 bridgehead atoms. The summed E-state index contributed by atoms with van der Waals surface area (Å²) in [5, 5.41) is 0. The van der Waals surface area contributed by atoms with Crippen LogP contribution in [0.5, 0.6) is 0 Å². The predicted octanol–water partition coefficient (Wildman–Crippen LogP) is 3.26. The van der Waals surface area contributed by atoms with Crippen LogP contribution in [-0.4, -0.2) is 74.0 Å². The first-order chi connectivity index (χ1) is 11.0. The van der Waals surface area contributed by atoms with Crippen molar-refractivity contribution in [3.05, 3.63) is 0 Å². The Morgan fingerprint density at radius 2 is 1.62 bits per heavy atom. The van der Waals surface area contributed by atoms with E-state index in [0.29, 0.717) is 17.9 Å². The van der Waals surface area contributed by atoms with Gasteiger partial charge in [0.15, 0.2) is 0 Å². The van der Waals surface area contributed by atoms with Crippen LogP contribution in [0.2, 0.25) is 0 Å². The van der Waals surface area contributed by atoms with Crippen LogP contribution in [0, 0.1) is 11.8 Å². The molecule has 3 atom stereocenters. The second-order valence-corrected chi connectivity index (χ2v) is 9.81. The molecular weight excluding hydrogens is 300 g/mol. The largest absolute Gasteiger partial charge is 0.375 e. The number of nitrogens with zero attached hydrogens (tertiary/aromatic N) is 2. The molecule has 1 unspecified atom stereocenters. The van der Waals surface area contributed by atoms with Crippen LogP contribution in [0.3, 0.4) is 0 Å². The predicted molar refractivity (Wildman–Crippen MR) is 100 cm³/mol. The molecular formula is C20H40N2O2. The summed E-state index contributed by atoms with van der Waals surface area (Å²) >= 11 is 0. The summed E-state index contributed by atoms with van der Waals surface area (Å²) in [6.07, 6.45) is 3.66. The molecule has 4 heteroatoms. The molecule has 0 radical (unpaired) electrons. The molecule has 142 valence electrons. The summed E-state index contributed by atoms with van der Waals surface area (Å²) in [6, 6.07) is 0.550. The third-order valence-corrected chi connectivity index (χ3v) is 5.46. The molecule has 2 heterocycles. The first-order valence-corrected chi connectivity index (χ1v) is 9.71. The smallest absolute Gasteiger partial charge is 0.0629 e. The van der Waals surface area contributed by atoms with Crippen LogP contribution in [0.15, 0.2) is 0 Å². The van der Waals surface area contributed by atoms with Crippen molar-refractivity contribution in [3.63, 3.8) is 0 Å². The van der Waals surface area contributed by atoms with Gasteiger partial charge in [0.05, 0.1) is 24.4 Å². The molecule has 2 aliphatic heterocycles. The Morgan fingerprint density at radius 3 is 2.21 bits per heavy atom. The van der Waals surface area contributed by atoms with Crippen molar-refractivity contribution in [2.75, 3.05) is 46.9 Å². The highest BCUT2D eigenvalue weighted by Crippen LogP contribution is 2.32. The van der Waals surface area contributed by atoms with E-state index in [4.69, 9.17) is 9.47 Å². The zero-order valence-corrected chi connectivity index (χ0v) is 17.1. The molecule has 0 N–H and O–H groups in total. The highest BCUT2D eigenvalue weighted by atomic mass is 16.5. The van der Waals surface area contributed by atoms with Gasteiger partial charge in [0, 0.05) is 19.1 Å². The fourth-order valence-corrected chi connectivity index (χ4v) is 4.14. The van der Waals surface area contributed by atoms with E-state index >= 15 is 0 Å². The Labute approximate surface area is 149 Å². The minimum atomic E-state index is -0.0459. The first-order valence-electron chi connectivity index (χ1n) is 9.71. The molecule has 2 saturated heterocycles. The van der Waals surface area contributed by atoms with E-state index in [2.05, 4.69) is 58.5 Å². The zero-order valence-electron chi connectivity index (χ0n) is 17.1. The average molecular weight is 341 g/mol. The van der Waals surface area contributed by atoms with Gasteiger partial charge in [0.2, 0.25) is 0 Å². The van der Waals surface area contributed by atoms with Crippen molar-refractivity contribution in [1.82, 2.24) is 9.80 Å². The number of rotatable bonds is 7. The minimum absolute atomic E-state index is 0.0214. The molecule has 0 aromatic carbocycles. The average Bonchev–Trinajstić information content (AvgIpc) is 2.99. The van der Waals surface area contributed by atoms with Crippen LogP contribution in [-0.2, 0) is 9.47 Å². The van der Waals surface area contributed by atoms with E-state index in [1.54, 1.807) is 0 Å². The van der Waals surface area contributed by atoms with Gasteiger partial charge in [-0.25, -0.2) is 0 Å². The van der Waals surface area contributed by atoms with Crippen molar-refractivity contribution >= 4 is 0 Å². The van der Waals surface area contributed by atoms with E-state index in [1.807, 2.05) is 0 Å². The van der Waals surface area contributed by atoms with Crippen molar-refractivity contribution in [2.24, 2.45) is 11.8 Å². The fourth-order valence-electron chi connectivity index (χ4n) is 4.14. The third-order valence-electron chi connectivity index (χ3n) is 5.46. The van der Waals surface area contributed by atoms with Crippen molar-refractivity contribution in [2.45, 2.75) is 71.1 Å². The second-order valence-electron chi connectivity index (χ2n) is 9.81. The highest BCUT2D eigenvalue weighted by molar-refractivity contribution is 4.88. The Hall–Kier alpha value is -0.160. The molecule has 2 aliphatic rings. The van der Waals surface area contributed by atoms with Crippen molar-refractivity contribution in [3.8, 4) is 0 Å². The van der Waals surface area contributed by atoms with Crippen LogP contribution in [0.1, 0.15) is 53.9 Å². The fraction of sp³-hybridized carbons (Fsp3) is 1.00. The molecule has 4 nitrogen and oxygen atoms in total. The Bertz CT molecular complexity index is 392. The zero-order chi connectivity index (χ0) is 18.0. The van der Waals surface area contributed by atoms with Gasteiger partial charge in [-0.05, 0) is 86.4 Å². The number of hydrogen-bond acceptors (Lipinski definition) is 4. The van der Waals surface area contributed by atoms with Gasteiger partial charge in [0.25, 0.3) is 0 Å². The molecule has 24 heavy (non-hydrogen) atoms. The van der Waals surface area contributed by atoms with Gasteiger partial charge < -0.3 is 19.3 Å². The molecule has 0 saturated carbocycles. The van der Waals surface area contributed by atoms with Crippen molar-refractivity contribution in [1.29, 1.82) is 0 Å². The quantitative estimate of drug-likeness (QED) is 0.710. The summed E-state index contributed by atoms with van der Waals surface area (Å²) in [5.74, 6) is 1.43. The van der Waals surface area contributed by atoms with Crippen molar-refractivity contribution < 1.29 is 9.47 Å². The summed E-state index contributed by atoms with van der Waals surface area (Å²) in [7, 11) is 4.44. The summed E-state index contributed by atoms with van der Waals surface area (Å²) in [4.78, 5) is 4.88. The van der Waals surface area contributed by atoms with E-state index < -0.39 is 0 Å². The topological polar surface area (TPSA) is 24.9 Å². The standard InChI is InChI=1S/C20H40N2O2/c1-19(2,3)23-15-18-10-17(13-22(18)7)11-20(4,5)24-14-16-8-9-21(6)12-16/h16-18H,8-15H2,1-7H3/t16-,17?,18+/m0/s1. The van der Waals surface area contributed by atoms with Gasteiger partial charge in [-0.15, -0.1) is 0 Å². The lowest BCUT2D eigenvalue weighted by atomic mass is 9.91. The Kier molecular flexibility index (Phi) is 6.74. The molecule has 0 spiro atoms. The van der Waals surface area contributed by atoms with Crippen LogP contribution >= 0.6 is 0 Å². The van der Waals surface area contributed by atoms with Gasteiger partial charge in [0.1, 0.15) is 0 Å². The van der Waals surface area contributed by atoms with E-state index in [0.717, 1.165) is 26.2 Å². The van der Waals surface area contributed by atoms with E-state index in [1.165, 1.54) is 25.9 Å². The van der Waals surface area contributed by atoms with Crippen LogP contribution in [0.25, 0.3) is 0 Å². The van der Waals surface area contributed by atoms with Gasteiger partial charge in [-0.1, -0.05) is 0 Å². The van der Waals surface area contributed by atoms with Crippen LogP contribution < -0.4 is 0 Å². The lowest BCUT2D eigenvalue weighted by molar-refractivity contribution is -0.0481. The maximum absolute atomic E-state index is 6.33. The lowest BCUT2D eigenvalue weighted by Gasteiger charge is -2.29. The summed E-state index contributed by atoms with van der Waals surface area (Å²) < 4.78 is 12.3. The van der Waals surface area contributed by atoms with Gasteiger partial charge in [-0.2, -0.15) is 0 Å².